The number of hydrogen-bond donors (Lipinski definition) is 1. The van der Waals surface area contributed by atoms with Crippen LogP contribution in [0.15, 0.2) is 48.5 Å². The topological polar surface area (TPSA) is 49.4 Å². The van der Waals surface area contributed by atoms with Gasteiger partial charge in [0.15, 0.2) is 0 Å². The lowest BCUT2D eigenvalue weighted by atomic mass is 9.79. The molecule has 2 aromatic carbocycles. The molecule has 0 aliphatic carbocycles. The maximum atomic E-state index is 13.2. The zero-order valence-electron chi connectivity index (χ0n) is 16.5. The lowest BCUT2D eigenvalue weighted by Crippen LogP contribution is -2.45. The molecule has 0 saturated carbocycles. The van der Waals surface area contributed by atoms with Gasteiger partial charge in [-0.1, -0.05) is 43.3 Å². The highest BCUT2D eigenvalue weighted by atomic mass is 19.1. The second-order valence-electron chi connectivity index (χ2n) is 7.44. The number of hydrogen-bond acceptors (Lipinski definition) is 2. The first-order valence-electron chi connectivity index (χ1n) is 9.88. The Morgan fingerprint density at radius 1 is 1.11 bits per heavy atom. The highest BCUT2D eigenvalue weighted by molar-refractivity contribution is 5.85. The number of halogens is 1. The van der Waals surface area contributed by atoms with Gasteiger partial charge in [0.05, 0.1) is 5.41 Å². The molecule has 0 bridgehead atoms. The van der Waals surface area contributed by atoms with Crippen LogP contribution >= 0.6 is 0 Å². The lowest BCUT2D eigenvalue weighted by molar-refractivity contribution is -0.133. The summed E-state index contributed by atoms with van der Waals surface area (Å²) in [5, 5.41) is 2.96. The maximum Gasteiger partial charge on any atom is 0.228 e. The summed E-state index contributed by atoms with van der Waals surface area (Å²) < 4.78 is 13.2. The molecular weight excluding hydrogens is 355 g/mol. The monoisotopic (exact) mass is 382 g/mol. The summed E-state index contributed by atoms with van der Waals surface area (Å²) in [6.45, 7) is 5.39. The average Bonchev–Trinajstić information content (AvgIpc) is 3.14. The fourth-order valence-corrected chi connectivity index (χ4v) is 3.96. The van der Waals surface area contributed by atoms with Gasteiger partial charge >= 0.3 is 0 Å². The van der Waals surface area contributed by atoms with Crippen molar-refractivity contribution >= 4 is 11.8 Å². The molecule has 1 heterocycles. The molecule has 0 spiro atoms. The number of amides is 2. The molecule has 4 nitrogen and oxygen atoms in total. The third kappa shape index (κ3) is 4.24. The van der Waals surface area contributed by atoms with E-state index in [1.54, 1.807) is 17.0 Å². The van der Waals surface area contributed by atoms with Gasteiger partial charge in [0.25, 0.3) is 0 Å². The third-order valence-corrected chi connectivity index (χ3v) is 5.48. The second kappa shape index (κ2) is 8.55. The Balaban J connectivity index is 1.87. The van der Waals surface area contributed by atoms with Crippen molar-refractivity contribution in [2.24, 2.45) is 5.41 Å². The Morgan fingerprint density at radius 2 is 1.86 bits per heavy atom. The Bertz CT molecular complexity index is 850. The smallest absolute Gasteiger partial charge is 0.228 e. The molecule has 148 valence electrons. The summed E-state index contributed by atoms with van der Waals surface area (Å²) in [5.41, 5.74) is 2.36. The van der Waals surface area contributed by atoms with E-state index in [0.717, 1.165) is 16.7 Å². The summed E-state index contributed by atoms with van der Waals surface area (Å²) >= 11 is 0. The fourth-order valence-electron chi connectivity index (χ4n) is 3.96. The van der Waals surface area contributed by atoms with Crippen molar-refractivity contribution < 1.29 is 14.0 Å². The van der Waals surface area contributed by atoms with Gasteiger partial charge in [-0.25, -0.2) is 4.39 Å². The van der Waals surface area contributed by atoms with Gasteiger partial charge in [0.2, 0.25) is 11.8 Å². The molecule has 1 aliphatic heterocycles. The van der Waals surface area contributed by atoms with E-state index >= 15 is 0 Å². The summed E-state index contributed by atoms with van der Waals surface area (Å²) in [4.78, 5) is 26.9. The quantitative estimate of drug-likeness (QED) is 0.826. The van der Waals surface area contributed by atoms with Crippen LogP contribution in [0.5, 0.6) is 0 Å². The van der Waals surface area contributed by atoms with Crippen molar-refractivity contribution in [3.05, 3.63) is 59.9 Å². The molecule has 3 rings (SSSR count). The number of benzene rings is 2. The van der Waals surface area contributed by atoms with Gasteiger partial charge in [-0.2, -0.15) is 0 Å². The molecule has 0 aromatic heterocycles. The molecule has 2 aromatic rings. The maximum absolute atomic E-state index is 13.2. The number of nitrogens with zero attached hydrogens (tertiary/aromatic N) is 1. The van der Waals surface area contributed by atoms with Crippen molar-refractivity contribution in [1.29, 1.82) is 0 Å². The summed E-state index contributed by atoms with van der Waals surface area (Å²) in [6, 6.07) is 14.4. The molecule has 1 unspecified atom stereocenters. The Kier molecular flexibility index (Phi) is 6.12. The SMILES string of the molecule is CCNC(=O)C1(Cc2cccc(-c3ccc(F)cc3)c2)CCN(C(=O)CC)C1. The van der Waals surface area contributed by atoms with Gasteiger partial charge in [0, 0.05) is 26.1 Å². The number of likely N-dealkylation sites (tertiary alicyclic amines) is 1. The van der Waals surface area contributed by atoms with Crippen molar-refractivity contribution in [1.82, 2.24) is 10.2 Å². The highest BCUT2D eigenvalue weighted by Gasteiger charge is 2.45. The largest absolute Gasteiger partial charge is 0.356 e. The normalized spacial score (nSPS) is 18.9. The van der Waals surface area contributed by atoms with Gasteiger partial charge in [-0.05, 0) is 48.6 Å². The fraction of sp³-hybridized carbons (Fsp3) is 0.391. The average molecular weight is 382 g/mol. The first kappa shape index (κ1) is 20.1. The molecular formula is C23H27FN2O2. The van der Waals surface area contributed by atoms with Crippen LogP contribution in [0.1, 0.15) is 32.3 Å². The van der Waals surface area contributed by atoms with E-state index < -0.39 is 5.41 Å². The van der Waals surface area contributed by atoms with E-state index in [0.29, 0.717) is 38.9 Å². The van der Waals surface area contributed by atoms with Crippen LogP contribution in [0.25, 0.3) is 11.1 Å². The first-order chi connectivity index (χ1) is 13.5. The number of nitrogens with one attached hydrogen (secondary N) is 1. The number of carbonyl (C=O) groups excluding carboxylic acids is 2. The molecule has 1 aliphatic rings. The molecule has 1 atom stereocenters. The third-order valence-electron chi connectivity index (χ3n) is 5.48. The van der Waals surface area contributed by atoms with Crippen molar-refractivity contribution in [2.75, 3.05) is 19.6 Å². The number of carbonyl (C=O) groups is 2. The second-order valence-corrected chi connectivity index (χ2v) is 7.44. The van der Waals surface area contributed by atoms with E-state index in [9.17, 15) is 14.0 Å². The highest BCUT2D eigenvalue weighted by Crippen LogP contribution is 2.36. The lowest BCUT2D eigenvalue weighted by Gasteiger charge is -2.28. The van der Waals surface area contributed by atoms with E-state index in [2.05, 4.69) is 11.4 Å². The molecule has 1 N–H and O–H groups in total. The van der Waals surface area contributed by atoms with E-state index in [1.807, 2.05) is 32.0 Å². The predicted molar refractivity (Wildman–Crippen MR) is 108 cm³/mol. The van der Waals surface area contributed by atoms with Crippen molar-refractivity contribution in [2.45, 2.75) is 33.1 Å². The Labute approximate surface area is 165 Å². The predicted octanol–water partition coefficient (Wildman–Crippen LogP) is 3.80. The zero-order chi connectivity index (χ0) is 20.1. The van der Waals surface area contributed by atoms with Gasteiger partial charge < -0.3 is 10.2 Å². The van der Waals surface area contributed by atoms with Crippen LogP contribution < -0.4 is 5.32 Å². The summed E-state index contributed by atoms with van der Waals surface area (Å²) in [7, 11) is 0. The van der Waals surface area contributed by atoms with Gasteiger partial charge in [-0.3, -0.25) is 9.59 Å². The molecule has 5 heteroatoms. The molecule has 28 heavy (non-hydrogen) atoms. The van der Waals surface area contributed by atoms with Crippen LogP contribution in [0, 0.1) is 11.2 Å². The Morgan fingerprint density at radius 3 is 2.54 bits per heavy atom. The molecule has 1 saturated heterocycles. The minimum absolute atomic E-state index is 0.00795. The van der Waals surface area contributed by atoms with Crippen LogP contribution in [0.2, 0.25) is 0 Å². The first-order valence-corrected chi connectivity index (χ1v) is 9.88. The van der Waals surface area contributed by atoms with Gasteiger partial charge in [0.1, 0.15) is 5.82 Å². The Hall–Kier alpha value is -2.69. The van der Waals surface area contributed by atoms with E-state index in [1.165, 1.54) is 12.1 Å². The summed E-state index contributed by atoms with van der Waals surface area (Å²) in [5.74, 6) is -0.165. The van der Waals surface area contributed by atoms with Crippen LogP contribution in [-0.2, 0) is 16.0 Å². The van der Waals surface area contributed by atoms with Crippen LogP contribution in [0.3, 0.4) is 0 Å². The van der Waals surface area contributed by atoms with Crippen molar-refractivity contribution in [3.63, 3.8) is 0 Å². The van der Waals surface area contributed by atoms with Gasteiger partial charge in [-0.15, -0.1) is 0 Å². The molecule has 0 radical (unpaired) electrons. The minimum atomic E-state index is -0.609. The van der Waals surface area contributed by atoms with Crippen LogP contribution in [0.4, 0.5) is 4.39 Å². The molecule has 1 fully saturated rings. The standard InChI is InChI=1S/C23H27FN2O2/c1-3-21(27)26-13-12-23(16-26,22(28)25-4-2)15-17-6-5-7-19(14-17)18-8-10-20(24)11-9-18/h5-11,14H,3-4,12-13,15-16H2,1-2H3,(H,25,28). The number of rotatable bonds is 6. The molecule has 2 amide bonds. The minimum Gasteiger partial charge on any atom is -0.356 e. The van der Waals surface area contributed by atoms with Crippen molar-refractivity contribution in [3.8, 4) is 11.1 Å². The van der Waals surface area contributed by atoms with E-state index in [-0.39, 0.29) is 17.6 Å². The summed E-state index contributed by atoms with van der Waals surface area (Å²) in [6.07, 6.45) is 1.68. The van der Waals surface area contributed by atoms with Crippen LogP contribution in [-0.4, -0.2) is 36.3 Å². The zero-order valence-corrected chi connectivity index (χ0v) is 16.5. The van der Waals surface area contributed by atoms with E-state index in [4.69, 9.17) is 0 Å².